The van der Waals surface area contributed by atoms with Crippen molar-refractivity contribution in [3.63, 3.8) is 0 Å². The van der Waals surface area contributed by atoms with Crippen LogP contribution < -0.4 is 10.9 Å². The highest BCUT2D eigenvalue weighted by atomic mass is 32.2. The molecule has 9 heteroatoms. The molecule has 0 saturated carbocycles. The first-order chi connectivity index (χ1) is 16.4. The number of anilines is 1. The number of aromatic nitrogens is 2. The number of hydrogen-bond acceptors (Lipinski definition) is 6. The Balaban J connectivity index is 1.63. The Morgan fingerprint density at radius 3 is 2.56 bits per heavy atom. The normalized spacial score (nSPS) is 10.9. The molecule has 1 heterocycles. The molecule has 1 N–H and O–H groups in total. The van der Waals surface area contributed by atoms with Crippen molar-refractivity contribution < 1.29 is 9.72 Å². The van der Waals surface area contributed by atoms with Gasteiger partial charge in [0.05, 0.1) is 27.3 Å². The molecule has 0 spiro atoms. The molecule has 0 aliphatic heterocycles. The van der Waals surface area contributed by atoms with Crippen molar-refractivity contribution in [2.24, 2.45) is 0 Å². The number of thioether (sulfide) groups is 1. The SMILES string of the molecule is CCc1ccc(-n2c(SCC(=O)Nc3ccc(C)c([N+](=O)[O-])c3)nc3ccccc3c2=O)cc1. The molecule has 8 nitrogen and oxygen atoms in total. The highest BCUT2D eigenvalue weighted by Gasteiger charge is 2.16. The molecular formula is C25H22N4O4S. The quantitative estimate of drug-likeness (QED) is 0.177. The van der Waals surface area contributed by atoms with E-state index < -0.39 is 4.92 Å². The number of rotatable bonds is 7. The van der Waals surface area contributed by atoms with Crippen molar-refractivity contribution in [1.29, 1.82) is 0 Å². The summed E-state index contributed by atoms with van der Waals surface area (Å²) in [7, 11) is 0. The summed E-state index contributed by atoms with van der Waals surface area (Å²) in [6.45, 7) is 3.69. The number of para-hydroxylation sites is 1. The lowest BCUT2D eigenvalue weighted by molar-refractivity contribution is -0.385. The van der Waals surface area contributed by atoms with Crippen LogP contribution in [-0.4, -0.2) is 26.1 Å². The second-order valence-corrected chi connectivity index (χ2v) is 8.61. The number of benzene rings is 3. The minimum Gasteiger partial charge on any atom is -0.325 e. The summed E-state index contributed by atoms with van der Waals surface area (Å²) in [6.07, 6.45) is 0.879. The van der Waals surface area contributed by atoms with E-state index in [1.807, 2.05) is 24.3 Å². The van der Waals surface area contributed by atoms with Gasteiger partial charge in [-0.05, 0) is 49.2 Å². The van der Waals surface area contributed by atoms with Gasteiger partial charge in [0, 0.05) is 17.3 Å². The first-order valence-electron chi connectivity index (χ1n) is 10.7. The van der Waals surface area contributed by atoms with Crippen LogP contribution in [-0.2, 0) is 11.2 Å². The van der Waals surface area contributed by atoms with Gasteiger partial charge in [-0.25, -0.2) is 4.98 Å². The fourth-order valence-electron chi connectivity index (χ4n) is 3.53. The summed E-state index contributed by atoms with van der Waals surface area (Å²) in [6, 6.07) is 19.3. The molecule has 0 atom stereocenters. The molecule has 0 radical (unpaired) electrons. The van der Waals surface area contributed by atoms with E-state index in [0.717, 1.165) is 23.7 Å². The van der Waals surface area contributed by atoms with Gasteiger partial charge in [0.1, 0.15) is 0 Å². The number of nitro groups is 1. The van der Waals surface area contributed by atoms with Crippen LogP contribution in [0.3, 0.4) is 0 Å². The molecular weight excluding hydrogens is 452 g/mol. The average Bonchev–Trinajstić information content (AvgIpc) is 2.84. The largest absolute Gasteiger partial charge is 0.325 e. The Morgan fingerprint density at radius 2 is 1.85 bits per heavy atom. The number of amides is 1. The van der Waals surface area contributed by atoms with Gasteiger partial charge in [0.2, 0.25) is 5.91 Å². The Kier molecular flexibility index (Phi) is 6.74. The van der Waals surface area contributed by atoms with Crippen molar-refractivity contribution in [2.75, 3.05) is 11.1 Å². The maximum Gasteiger partial charge on any atom is 0.274 e. The summed E-state index contributed by atoms with van der Waals surface area (Å²) in [5.74, 6) is -0.391. The van der Waals surface area contributed by atoms with E-state index in [9.17, 15) is 19.7 Å². The van der Waals surface area contributed by atoms with E-state index in [0.29, 0.717) is 33.0 Å². The zero-order valence-corrected chi connectivity index (χ0v) is 19.5. The van der Waals surface area contributed by atoms with Gasteiger partial charge in [-0.1, -0.05) is 49.0 Å². The van der Waals surface area contributed by atoms with Crippen molar-refractivity contribution >= 4 is 39.9 Å². The van der Waals surface area contributed by atoms with Crippen molar-refractivity contribution in [3.8, 4) is 5.69 Å². The van der Waals surface area contributed by atoms with Crippen molar-refractivity contribution in [2.45, 2.75) is 25.4 Å². The Labute approximate surface area is 199 Å². The third kappa shape index (κ3) is 4.84. The monoisotopic (exact) mass is 474 g/mol. The van der Waals surface area contributed by atoms with Gasteiger partial charge in [0.15, 0.2) is 5.16 Å². The standard InChI is InChI=1S/C25H22N4O4S/c1-3-17-9-12-19(13-10-17)28-24(31)20-6-4-5-7-21(20)27-25(28)34-15-23(30)26-18-11-8-16(2)22(14-18)29(32)33/h4-14H,3,15H2,1-2H3,(H,26,30). The molecule has 1 aromatic heterocycles. The predicted molar refractivity (Wildman–Crippen MR) is 134 cm³/mol. The number of nitrogens with zero attached hydrogens (tertiary/aromatic N) is 3. The van der Waals surface area contributed by atoms with E-state index >= 15 is 0 Å². The van der Waals surface area contributed by atoms with E-state index in [4.69, 9.17) is 0 Å². The van der Waals surface area contributed by atoms with Gasteiger partial charge in [-0.2, -0.15) is 0 Å². The molecule has 0 aliphatic carbocycles. The third-order valence-corrected chi connectivity index (χ3v) is 6.31. The zero-order chi connectivity index (χ0) is 24.2. The molecule has 3 aromatic carbocycles. The number of nitrogens with one attached hydrogen (secondary N) is 1. The average molecular weight is 475 g/mol. The maximum atomic E-state index is 13.3. The lowest BCUT2D eigenvalue weighted by atomic mass is 10.1. The summed E-state index contributed by atoms with van der Waals surface area (Å²) < 4.78 is 1.51. The second-order valence-electron chi connectivity index (χ2n) is 7.67. The van der Waals surface area contributed by atoms with E-state index in [1.165, 1.54) is 10.6 Å². The number of aryl methyl sites for hydroxylation is 2. The smallest absolute Gasteiger partial charge is 0.274 e. The highest BCUT2D eigenvalue weighted by molar-refractivity contribution is 7.99. The van der Waals surface area contributed by atoms with E-state index in [2.05, 4.69) is 17.2 Å². The lowest BCUT2D eigenvalue weighted by Gasteiger charge is -2.14. The highest BCUT2D eigenvalue weighted by Crippen LogP contribution is 2.24. The van der Waals surface area contributed by atoms with Crippen LogP contribution >= 0.6 is 11.8 Å². The van der Waals surface area contributed by atoms with Gasteiger partial charge in [-0.3, -0.25) is 24.3 Å². The summed E-state index contributed by atoms with van der Waals surface area (Å²) >= 11 is 1.13. The van der Waals surface area contributed by atoms with Crippen LogP contribution in [0.15, 0.2) is 76.7 Å². The number of carbonyl (C=O) groups excluding carboxylic acids is 1. The summed E-state index contributed by atoms with van der Waals surface area (Å²) in [4.78, 5) is 41.3. The van der Waals surface area contributed by atoms with Crippen LogP contribution in [0.1, 0.15) is 18.1 Å². The Bertz CT molecular complexity index is 1450. The topological polar surface area (TPSA) is 107 Å². The third-order valence-electron chi connectivity index (χ3n) is 5.37. The van der Waals surface area contributed by atoms with Crippen LogP contribution in [0.5, 0.6) is 0 Å². The van der Waals surface area contributed by atoms with Crippen LogP contribution in [0, 0.1) is 17.0 Å². The lowest BCUT2D eigenvalue weighted by Crippen LogP contribution is -2.23. The number of carbonyl (C=O) groups is 1. The molecule has 4 aromatic rings. The minimum absolute atomic E-state index is 0.0283. The van der Waals surface area contributed by atoms with Crippen molar-refractivity contribution in [1.82, 2.24) is 9.55 Å². The first-order valence-corrected chi connectivity index (χ1v) is 11.6. The van der Waals surface area contributed by atoms with Crippen LogP contribution in [0.4, 0.5) is 11.4 Å². The predicted octanol–water partition coefficient (Wildman–Crippen LogP) is 4.90. The second kappa shape index (κ2) is 9.88. The maximum absolute atomic E-state index is 13.3. The Morgan fingerprint density at radius 1 is 1.12 bits per heavy atom. The van der Waals surface area contributed by atoms with Gasteiger partial charge < -0.3 is 5.32 Å². The van der Waals surface area contributed by atoms with Crippen molar-refractivity contribution in [3.05, 3.63) is 98.3 Å². The summed E-state index contributed by atoms with van der Waals surface area (Å²) in [5, 5.41) is 14.7. The van der Waals surface area contributed by atoms with E-state index in [1.54, 1.807) is 43.3 Å². The number of fused-ring (bicyclic) bond motifs is 1. The van der Waals surface area contributed by atoms with E-state index in [-0.39, 0.29) is 22.9 Å². The van der Waals surface area contributed by atoms with Gasteiger partial charge >= 0.3 is 0 Å². The molecule has 172 valence electrons. The molecule has 1 amide bonds. The molecule has 0 unspecified atom stereocenters. The van der Waals surface area contributed by atoms with Gasteiger partial charge in [-0.15, -0.1) is 0 Å². The molecule has 0 aliphatic rings. The number of nitro benzene ring substituents is 1. The summed E-state index contributed by atoms with van der Waals surface area (Å²) in [5.41, 5.74) is 2.92. The molecule has 0 saturated heterocycles. The fourth-order valence-corrected chi connectivity index (χ4v) is 4.34. The van der Waals surface area contributed by atoms with Crippen LogP contribution in [0.2, 0.25) is 0 Å². The molecule has 0 fully saturated rings. The van der Waals surface area contributed by atoms with Gasteiger partial charge in [0.25, 0.3) is 11.2 Å². The Hall–Kier alpha value is -3.98. The molecule has 4 rings (SSSR count). The first kappa shape index (κ1) is 23.2. The molecule has 34 heavy (non-hydrogen) atoms. The number of hydrogen-bond donors (Lipinski definition) is 1. The minimum atomic E-state index is -0.485. The fraction of sp³-hybridized carbons (Fsp3) is 0.160. The molecule has 0 bridgehead atoms. The zero-order valence-electron chi connectivity index (χ0n) is 18.6. The van der Waals surface area contributed by atoms with Crippen LogP contribution in [0.25, 0.3) is 16.6 Å².